The van der Waals surface area contributed by atoms with Crippen LogP contribution in [-0.2, 0) is 0 Å². The minimum atomic E-state index is -4.93. The molecule has 0 aliphatic heterocycles. The minimum absolute atomic E-state index is 0.0309. The van der Waals surface area contributed by atoms with Crippen molar-refractivity contribution in [2.24, 2.45) is 0 Å². The number of hydrogen-bond acceptors (Lipinski definition) is 4. The third kappa shape index (κ3) is 5.15. The van der Waals surface area contributed by atoms with Crippen LogP contribution in [0, 0.1) is 12.7 Å². The quantitative estimate of drug-likeness (QED) is 0.604. The van der Waals surface area contributed by atoms with Crippen LogP contribution in [0.15, 0.2) is 59.4 Å². The minimum Gasteiger partial charge on any atom is -0.382 e. The summed E-state index contributed by atoms with van der Waals surface area (Å²) in [5.41, 5.74) is 0.208. The Morgan fingerprint density at radius 2 is 1.84 bits per heavy atom. The summed E-state index contributed by atoms with van der Waals surface area (Å²) in [5, 5.41) is 15.2. The second kappa shape index (κ2) is 8.68. The fourth-order valence-corrected chi connectivity index (χ4v) is 2.71. The Hall–Kier alpha value is -3.53. The molecule has 2 N–H and O–H groups in total. The summed E-state index contributed by atoms with van der Waals surface area (Å²) in [5.74, 6) is -1.78. The molecule has 0 saturated carbocycles. The molecule has 0 radical (unpaired) electrons. The van der Waals surface area contributed by atoms with E-state index in [9.17, 15) is 27.2 Å². The number of alkyl halides is 3. The third-order valence-electron chi connectivity index (χ3n) is 4.39. The first-order valence-electron chi connectivity index (χ1n) is 9.06. The molecule has 1 heterocycles. The van der Waals surface area contributed by atoms with Gasteiger partial charge in [0.1, 0.15) is 11.4 Å². The molecule has 3 rings (SSSR count). The molecule has 2 aromatic carbocycles. The van der Waals surface area contributed by atoms with Crippen molar-refractivity contribution in [3.63, 3.8) is 0 Å². The van der Waals surface area contributed by atoms with Crippen LogP contribution in [0.3, 0.4) is 0 Å². The van der Waals surface area contributed by atoms with Gasteiger partial charge in [0.05, 0.1) is 17.9 Å². The second-order valence-corrected chi connectivity index (χ2v) is 6.77. The lowest BCUT2D eigenvalue weighted by Gasteiger charge is -2.15. The highest BCUT2D eigenvalue weighted by Crippen LogP contribution is 2.20. The Morgan fingerprint density at radius 3 is 2.45 bits per heavy atom. The van der Waals surface area contributed by atoms with Gasteiger partial charge in [-0.05, 0) is 31.2 Å². The number of amides is 1. The van der Waals surface area contributed by atoms with E-state index in [0.717, 1.165) is 28.4 Å². The van der Waals surface area contributed by atoms with Crippen molar-refractivity contribution in [1.82, 2.24) is 15.1 Å². The van der Waals surface area contributed by atoms with Crippen molar-refractivity contribution in [2.75, 3.05) is 6.54 Å². The predicted octanol–water partition coefficient (Wildman–Crippen LogP) is 3.00. The van der Waals surface area contributed by atoms with Gasteiger partial charge in [0, 0.05) is 5.56 Å². The standard InChI is InChI=1S/C21H17F4N3O3/c1-12-5-7-13(8-6-12)17-10-16(19(30)26-11-18(29)21(23,24)25)20(31)28(27-17)15-4-2-3-14(22)9-15/h2-10,18,29H,11H2,1H3,(H,26,30). The fourth-order valence-electron chi connectivity index (χ4n) is 2.71. The predicted molar refractivity (Wildman–Crippen MR) is 104 cm³/mol. The fraction of sp³-hybridized carbons (Fsp3) is 0.190. The lowest BCUT2D eigenvalue weighted by molar-refractivity contribution is -0.201. The summed E-state index contributed by atoms with van der Waals surface area (Å²) < 4.78 is 52.0. The van der Waals surface area contributed by atoms with Crippen molar-refractivity contribution in [2.45, 2.75) is 19.2 Å². The van der Waals surface area contributed by atoms with Crippen molar-refractivity contribution < 1.29 is 27.5 Å². The van der Waals surface area contributed by atoms with Gasteiger partial charge < -0.3 is 10.4 Å². The normalized spacial score (nSPS) is 12.5. The van der Waals surface area contributed by atoms with Gasteiger partial charge in [0.15, 0.2) is 6.10 Å². The lowest BCUT2D eigenvalue weighted by atomic mass is 10.1. The number of carbonyl (C=O) groups excluding carboxylic acids is 1. The second-order valence-electron chi connectivity index (χ2n) is 6.77. The molecule has 0 aliphatic rings. The van der Waals surface area contributed by atoms with Crippen LogP contribution >= 0.6 is 0 Å². The first-order chi connectivity index (χ1) is 14.6. The zero-order chi connectivity index (χ0) is 22.8. The number of aromatic nitrogens is 2. The van der Waals surface area contributed by atoms with E-state index in [4.69, 9.17) is 5.11 Å². The smallest absolute Gasteiger partial charge is 0.382 e. The van der Waals surface area contributed by atoms with E-state index >= 15 is 0 Å². The molecule has 3 aromatic rings. The van der Waals surface area contributed by atoms with Crippen LogP contribution in [0.1, 0.15) is 15.9 Å². The molecule has 1 unspecified atom stereocenters. The Labute approximate surface area is 173 Å². The van der Waals surface area contributed by atoms with Crippen LogP contribution in [0.25, 0.3) is 16.9 Å². The number of nitrogens with zero attached hydrogens (tertiary/aromatic N) is 2. The molecule has 0 fully saturated rings. The molecule has 1 amide bonds. The van der Waals surface area contributed by atoms with Crippen molar-refractivity contribution in [3.05, 3.63) is 81.9 Å². The molecular formula is C21H17F4N3O3. The van der Waals surface area contributed by atoms with Gasteiger partial charge in [-0.3, -0.25) is 9.59 Å². The van der Waals surface area contributed by atoms with Crippen LogP contribution < -0.4 is 10.9 Å². The van der Waals surface area contributed by atoms with Gasteiger partial charge in [-0.1, -0.05) is 35.9 Å². The number of aliphatic hydroxyl groups is 1. The summed E-state index contributed by atoms with van der Waals surface area (Å²) in [6.45, 7) is 0.722. The van der Waals surface area contributed by atoms with E-state index in [2.05, 4.69) is 5.10 Å². The highest BCUT2D eigenvalue weighted by atomic mass is 19.4. The Kier molecular flexibility index (Phi) is 6.21. The molecule has 1 aromatic heterocycles. The van der Waals surface area contributed by atoms with Gasteiger partial charge in [-0.25, -0.2) is 4.39 Å². The van der Waals surface area contributed by atoms with Crippen molar-refractivity contribution >= 4 is 5.91 Å². The molecular weight excluding hydrogens is 418 g/mol. The first-order valence-corrected chi connectivity index (χ1v) is 9.06. The lowest BCUT2D eigenvalue weighted by Crippen LogP contribution is -2.42. The van der Waals surface area contributed by atoms with Gasteiger partial charge in [-0.15, -0.1) is 0 Å². The van der Waals surface area contributed by atoms with E-state index in [1.807, 2.05) is 12.2 Å². The Balaban J connectivity index is 2.08. The van der Waals surface area contributed by atoms with E-state index in [-0.39, 0.29) is 11.4 Å². The van der Waals surface area contributed by atoms with Crippen LogP contribution in [0.2, 0.25) is 0 Å². The van der Waals surface area contributed by atoms with Gasteiger partial charge in [0.2, 0.25) is 0 Å². The maximum Gasteiger partial charge on any atom is 0.416 e. The molecule has 0 bridgehead atoms. The maximum absolute atomic E-state index is 13.7. The van der Waals surface area contributed by atoms with Gasteiger partial charge >= 0.3 is 6.18 Å². The Morgan fingerprint density at radius 1 is 1.16 bits per heavy atom. The number of hydrogen-bond donors (Lipinski definition) is 2. The van der Waals surface area contributed by atoms with Gasteiger partial charge in [0.25, 0.3) is 11.5 Å². The molecule has 31 heavy (non-hydrogen) atoms. The summed E-state index contributed by atoms with van der Waals surface area (Å²) >= 11 is 0. The highest BCUT2D eigenvalue weighted by molar-refractivity contribution is 5.94. The molecule has 0 saturated heterocycles. The average molecular weight is 435 g/mol. The zero-order valence-corrected chi connectivity index (χ0v) is 16.2. The van der Waals surface area contributed by atoms with E-state index in [1.165, 1.54) is 12.1 Å². The average Bonchev–Trinajstić information content (AvgIpc) is 2.72. The molecule has 10 heteroatoms. The summed E-state index contributed by atoms with van der Waals surface area (Å²) in [6.07, 6.45) is -7.72. The number of aliphatic hydroxyl groups excluding tert-OH is 1. The van der Waals surface area contributed by atoms with Crippen LogP contribution in [-0.4, -0.2) is 39.6 Å². The molecule has 1 atom stereocenters. The van der Waals surface area contributed by atoms with E-state index < -0.39 is 41.7 Å². The van der Waals surface area contributed by atoms with E-state index in [0.29, 0.717) is 5.56 Å². The molecule has 0 spiro atoms. The SMILES string of the molecule is Cc1ccc(-c2cc(C(=O)NCC(O)C(F)(F)F)c(=O)n(-c3cccc(F)c3)n2)cc1. The summed E-state index contributed by atoms with van der Waals surface area (Å²) in [6, 6.07) is 13.0. The third-order valence-corrected chi connectivity index (χ3v) is 4.39. The molecule has 162 valence electrons. The molecule has 0 aliphatic carbocycles. The van der Waals surface area contributed by atoms with E-state index in [1.54, 1.807) is 24.3 Å². The Bertz CT molecular complexity index is 1160. The monoisotopic (exact) mass is 435 g/mol. The topological polar surface area (TPSA) is 84.2 Å². The maximum atomic E-state index is 13.7. The number of nitrogens with one attached hydrogen (secondary N) is 1. The molecule has 6 nitrogen and oxygen atoms in total. The largest absolute Gasteiger partial charge is 0.416 e. The number of aryl methyl sites for hydroxylation is 1. The first kappa shape index (κ1) is 22.2. The number of carbonyl (C=O) groups is 1. The number of halogens is 4. The van der Waals surface area contributed by atoms with Crippen LogP contribution in [0.4, 0.5) is 17.6 Å². The number of benzene rings is 2. The highest BCUT2D eigenvalue weighted by Gasteiger charge is 2.38. The zero-order valence-electron chi connectivity index (χ0n) is 16.2. The van der Waals surface area contributed by atoms with Crippen LogP contribution in [0.5, 0.6) is 0 Å². The number of rotatable bonds is 5. The summed E-state index contributed by atoms with van der Waals surface area (Å²) in [7, 11) is 0. The van der Waals surface area contributed by atoms with Gasteiger partial charge in [-0.2, -0.15) is 23.0 Å². The summed E-state index contributed by atoms with van der Waals surface area (Å²) in [4.78, 5) is 25.3. The van der Waals surface area contributed by atoms with Crippen molar-refractivity contribution in [3.8, 4) is 16.9 Å². The van der Waals surface area contributed by atoms with Crippen molar-refractivity contribution in [1.29, 1.82) is 0 Å².